The van der Waals surface area contributed by atoms with Crippen molar-refractivity contribution in [1.82, 2.24) is 0 Å². The zero-order valence-electron chi connectivity index (χ0n) is 11.3. The van der Waals surface area contributed by atoms with Crippen LogP contribution >= 0.6 is 0 Å². The third-order valence-corrected chi connectivity index (χ3v) is 2.85. The number of aliphatic hydroxyl groups is 1. The molecule has 1 aromatic carbocycles. The standard InChI is InChI=1S/C13H20N2O4/c1-10(9-16)4-3-5-14-11-6-12(15(17)18)8-13(7-11)19-2/h6-8,10,14,16H,3-5,9H2,1-2H3. The Balaban J connectivity index is 2.57. The zero-order valence-corrected chi connectivity index (χ0v) is 11.3. The second-order valence-electron chi connectivity index (χ2n) is 4.53. The maximum atomic E-state index is 10.8. The van der Waals surface area contributed by atoms with Gasteiger partial charge >= 0.3 is 0 Å². The highest BCUT2D eigenvalue weighted by Gasteiger charge is 2.10. The van der Waals surface area contributed by atoms with Gasteiger partial charge in [0.05, 0.1) is 18.1 Å². The van der Waals surface area contributed by atoms with E-state index < -0.39 is 4.92 Å². The first-order valence-electron chi connectivity index (χ1n) is 6.25. The first-order valence-corrected chi connectivity index (χ1v) is 6.25. The first kappa shape index (κ1) is 15.2. The Kier molecular flexibility index (Phi) is 6.08. The third kappa shape index (κ3) is 5.13. The summed E-state index contributed by atoms with van der Waals surface area (Å²) < 4.78 is 5.03. The first-order chi connectivity index (χ1) is 9.06. The van der Waals surface area contributed by atoms with Crippen molar-refractivity contribution in [2.24, 2.45) is 5.92 Å². The van der Waals surface area contributed by atoms with Gasteiger partial charge in [0.1, 0.15) is 5.75 Å². The monoisotopic (exact) mass is 268 g/mol. The quantitative estimate of drug-likeness (QED) is 0.429. The van der Waals surface area contributed by atoms with Gasteiger partial charge in [0, 0.05) is 31.0 Å². The molecule has 1 rings (SSSR count). The Labute approximate surface area is 112 Å². The van der Waals surface area contributed by atoms with E-state index in [0.29, 0.717) is 18.0 Å². The predicted molar refractivity (Wildman–Crippen MR) is 73.6 cm³/mol. The third-order valence-electron chi connectivity index (χ3n) is 2.85. The predicted octanol–water partition coefficient (Wildman–Crippen LogP) is 2.42. The van der Waals surface area contributed by atoms with Gasteiger partial charge in [0.25, 0.3) is 5.69 Å². The molecule has 106 valence electrons. The van der Waals surface area contributed by atoms with E-state index in [0.717, 1.165) is 12.8 Å². The fourth-order valence-electron chi connectivity index (χ4n) is 1.68. The fraction of sp³-hybridized carbons (Fsp3) is 0.538. The molecule has 2 N–H and O–H groups in total. The molecular weight excluding hydrogens is 248 g/mol. The summed E-state index contributed by atoms with van der Waals surface area (Å²) in [5.41, 5.74) is 0.674. The van der Waals surface area contributed by atoms with Gasteiger partial charge in [0.2, 0.25) is 0 Å². The molecule has 0 saturated carbocycles. The van der Waals surface area contributed by atoms with E-state index in [1.807, 2.05) is 6.92 Å². The van der Waals surface area contributed by atoms with E-state index in [4.69, 9.17) is 9.84 Å². The average molecular weight is 268 g/mol. The number of methoxy groups -OCH3 is 1. The van der Waals surface area contributed by atoms with Crippen molar-refractivity contribution in [2.45, 2.75) is 19.8 Å². The van der Waals surface area contributed by atoms with Gasteiger partial charge in [-0.1, -0.05) is 6.92 Å². The van der Waals surface area contributed by atoms with E-state index in [2.05, 4.69) is 5.32 Å². The normalized spacial score (nSPS) is 11.9. The number of nitrogens with zero attached hydrogens (tertiary/aromatic N) is 1. The second kappa shape index (κ2) is 7.58. The summed E-state index contributed by atoms with van der Waals surface area (Å²) in [5.74, 6) is 0.738. The van der Waals surface area contributed by atoms with Gasteiger partial charge < -0.3 is 15.2 Å². The van der Waals surface area contributed by atoms with E-state index in [1.165, 1.54) is 19.2 Å². The maximum absolute atomic E-state index is 10.8. The van der Waals surface area contributed by atoms with Crippen LogP contribution in [-0.2, 0) is 0 Å². The fourth-order valence-corrected chi connectivity index (χ4v) is 1.68. The highest BCUT2D eigenvalue weighted by atomic mass is 16.6. The number of hydrogen-bond donors (Lipinski definition) is 2. The molecule has 0 spiro atoms. The van der Waals surface area contributed by atoms with Crippen LogP contribution in [0.15, 0.2) is 18.2 Å². The number of nitrogens with one attached hydrogen (secondary N) is 1. The Bertz CT molecular complexity index is 423. The smallest absolute Gasteiger partial charge is 0.275 e. The molecule has 1 atom stereocenters. The minimum atomic E-state index is -0.443. The van der Waals surface area contributed by atoms with Crippen molar-refractivity contribution in [2.75, 3.05) is 25.6 Å². The molecule has 0 radical (unpaired) electrons. The number of ether oxygens (including phenoxy) is 1. The lowest BCUT2D eigenvalue weighted by Gasteiger charge is -2.10. The zero-order chi connectivity index (χ0) is 14.3. The SMILES string of the molecule is COc1cc(NCCCC(C)CO)cc([N+](=O)[O-])c1. The summed E-state index contributed by atoms with van der Waals surface area (Å²) >= 11 is 0. The highest BCUT2D eigenvalue weighted by molar-refractivity contribution is 5.56. The van der Waals surface area contributed by atoms with Crippen molar-refractivity contribution >= 4 is 11.4 Å². The van der Waals surface area contributed by atoms with Crippen LogP contribution in [0.2, 0.25) is 0 Å². The Morgan fingerprint density at radius 1 is 1.47 bits per heavy atom. The largest absolute Gasteiger partial charge is 0.496 e. The van der Waals surface area contributed by atoms with Gasteiger partial charge in [-0.05, 0) is 18.8 Å². The van der Waals surface area contributed by atoms with Crippen LogP contribution in [0.25, 0.3) is 0 Å². The van der Waals surface area contributed by atoms with Crippen molar-refractivity contribution in [3.63, 3.8) is 0 Å². The Morgan fingerprint density at radius 3 is 2.79 bits per heavy atom. The number of rotatable bonds is 8. The summed E-state index contributed by atoms with van der Waals surface area (Å²) in [6, 6.07) is 4.60. The summed E-state index contributed by atoms with van der Waals surface area (Å²) in [7, 11) is 1.48. The van der Waals surface area contributed by atoms with Crippen LogP contribution in [0.5, 0.6) is 5.75 Å². The Morgan fingerprint density at radius 2 is 2.21 bits per heavy atom. The molecular formula is C13H20N2O4. The lowest BCUT2D eigenvalue weighted by molar-refractivity contribution is -0.384. The lowest BCUT2D eigenvalue weighted by Crippen LogP contribution is -2.06. The number of non-ortho nitro benzene ring substituents is 1. The number of nitro benzene ring substituents is 1. The van der Waals surface area contributed by atoms with Crippen LogP contribution in [0, 0.1) is 16.0 Å². The Hall–Kier alpha value is -1.82. The van der Waals surface area contributed by atoms with Crippen LogP contribution in [0.3, 0.4) is 0 Å². The van der Waals surface area contributed by atoms with E-state index in [9.17, 15) is 10.1 Å². The number of hydrogen-bond acceptors (Lipinski definition) is 5. The van der Waals surface area contributed by atoms with Crippen molar-refractivity contribution in [3.05, 3.63) is 28.3 Å². The molecule has 0 aliphatic rings. The van der Waals surface area contributed by atoms with Crippen molar-refractivity contribution < 1.29 is 14.8 Å². The summed E-state index contributed by atoms with van der Waals surface area (Å²) in [4.78, 5) is 10.3. The van der Waals surface area contributed by atoms with Gasteiger partial charge in [-0.3, -0.25) is 10.1 Å². The molecule has 19 heavy (non-hydrogen) atoms. The van der Waals surface area contributed by atoms with Gasteiger partial charge in [0.15, 0.2) is 0 Å². The van der Waals surface area contributed by atoms with Crippen LogP contribution in [0.1, 0.15) is 19.8 Å². The second-order valence-corrected chi connectivity index (χ2v) is 4.53. The van der Waals surface area contributed by atoms with Crippen molar-refractivity contribution in [1.29, 1.82) is 0 Å². The molecule has 0 aliphatic carbocycles. The molecule has 0 heterocycles. The van der Waals surface area contributed by atoms with E-state index >= 15 is 0 Å². The average Bonchev–Trinajstić information content (AvgIpc) is 2.42. The van der Waals surface area contributed by atoms with Gasteiger partial charge in [-0.2, -0.15) is 0 Å². The number of aliphatic hydroxyl groups excluding tert-OH is 1. The van der Waals surface area contributed by atoms with E-state index in [1.54, 1.807) is 6.07 Å². The topological polar surface area (TPSA) is 84.6 Å². The van der Waals surface area contributed by atoms with Crippen molar-refractivity contribution in [3.8, 4) is 5.75 Å². The molecule has 1 unspecified atom stereocenters. The molecule has 0 bridgehead atoms. The van der Waals surface area contributed by atoms with E-state index in [-0.39, 0.29) is 18.2 Å². The highest BCUT2D eigenvalue weighted by Crippen LogP contribution is 2.25. The molecule has 0 aliphatic heterocycles. The molecule has 6 nitrogen and oxygen atoms in total. The molecule has 6 heteroatoms. The molecule has 0 saturated heterocycles. The van der Waals surface area contributed by atoms with Crippen LogP contribution < -0.4 is 10.1 Å². The minimum Gasteiger partial charge on any atom is -0.496 e. The summed E-state index contributed by atoms with van der Waals surface area (Å²) in [6.45, 7) is 2.87. The van der Waals surface area contributed by atoms with Gasteiger partial charge in [-0.25, -0.2) is 0 Å². The summed E-state index contributed by atoms with van der Waals surface area (Å²) in [5, 5.41) is 22.8. The number of benzene rings is 1. The van der Waals surface area contributed by atoms with Crippen LogP contribution in [0.4, 0.5) is 11.4 Å². The lowest BCUT2D eigenvalue weighted by atomic mass is 10.1. The number of nitro groups is 1. The van der Waals surface area contributed by atoms with Gasteiger partial charge in [-0.15, -0.1) is 0 Å². The van der Waals surface area contributed by atoms with Crippen LogP contribution in [-0.4, -0.2) is 30.3 Å². The minimum absolute atomic E-state index is 0.00516. The molecule has 0 amide bonds. The molecule has 0 aromatic heterocycles. The summed E-state index contributed by atoms with van der Waals surface area (Å²) in [6.07, 6.45) is 1.81. The molecule has 0 fully saturated rings. The number of anilines is 1. The maximum Gasteiger partial charge on any atom is 0.275 e. The molecule has 1 aromatic rings.